The van der Waals surface area contributed by atoms with Gasteiger partial charge in [-0.3, -0.25) is 4.79 Å². The minimum Gasteiger partial charge on any atom is -0.477 e. The monoisotopic (exact) mass is 525 g/mol. The zero-order valence-electron chi connectivity index (χ0n) is 21.6. The first-order chi connectivity index (χ1) is 18.9. The number of nitrogens with one attached hydrogen (secondary N) is 1. The maximum atomic E-state index is 12.9. The van der Waals surface area contributed by atoms with E-state index in [1.165, 1.54) is 29.1 Å². The Hall–Kier alpha value is -4.08. The Morgan fingerprint density at radius 1 is 1.05 bits per heavy atom. The minimum absolute atomic E-state index is 0.154. The lowest BCUT2D eigenvalue weighted by Gasteiger charge is -2.29. The predicted octanol–water partition coefficient (Wildman–Crippen LogP) is 3.71. The first-order valence-corrected chi connectivity index (χ1v) is 13.5. The summed E-state index contributed by atoms with van der Waals surface area (Å²) < 4.78 is 1.67. The van der Waals surface area contributed by atoms with Gasteiger partial charge in [-0.2, -0.15) is 4.98 Å². The summed E-state index contributed by atoms with van der Waals surface area (Å²) in [6.45, 7) is 2.83. The van der Waals surface area contributed by atoms with Crippen LogP contribution in [0.3, 0.4) is 0 Å². The standard InChI is InChI=1S/C30H31N5O4/c36-24-11-14-34(15-12-24)13-10-19-4-7-22(8-5-19)32-30-31-17-25-27(37)26(29(38)39)18-35(28(25)33-30)23-9-6-20-2-1-3-21(20)16-23/h4-9,16-18,24,36H,1-3,10-15H2,(H,38,39)(H,31,32,33). The van der Waals surface area contributed by atoms with Crippen molar-refractivity contribution < 1.29 is 15.0 Å². The second-order valence-corrected chi connectivity index (χ2v) is 10.4. The van der Waals surface area contributed by atoms with Crippen LogP contribution >= 0.6 is 0 Å². The fourth-order valence-corrected chi connectivity index (χ4v) is 5.54. The summed E-state index contributed by atoms with van der Waals surface area (Å²) in [7, 11) is 0. The van der Waals surface area contributed by atoms with Crippen LogP contribution in [0.5, 0.6) is 0 Å². The van der Waals surface area contributed by atoms with Crippen molar-refractivity contribution in [3.63, 3.8) is 0 Å². The second-order valence-electron chi connectivity index (χ2n) is 10.4. The number of aliphatic hydroxyl groups is 1. The van der Waals surface area contributed by atoms with Gasteiger partial charge in [-0.15, -0.1) is 0 Å². The van der Waals surface area contributed by atoms with Gasteiger partial charge >= 0.3 is 5.97 Å². The molecule has 1 aliphatic carbocycles. The molecule has 0 radical (unpaired) electrons. The van der Waals surface area contributed by atoms with Crippen LogP contribution in [0, 0.1) is 0 Å². The van der Waals surface area contributed by atoms with Crippen molar-refractivity contribution in [3.8, 4) is 5.69 Å². The van der Waals surface area contributed by atoms with E-state index in [1.807, 2.05) is 18.2 Å². The van der Waals surface area contributed by atoms with Gasteiger partial charge in [0.25, 0.3) is 0 Å². The van der Waals surface area contributed by atoms with E-state index in [9.17, 15) is 19.8 Å². The molecule has 3 heterocycles. The number of pyridine rings is 1. The van der Waals surface area contributed by atoms with E-state index in [0.29, 0.717) is 11.6 Å². The molecule has 6 rings (SSSR count). The molecule has 200 valence electrons. The molecular formula is C30H31N5O4. The number of carbonyl (C=O) groups is 1. The van der Waals surface area contributed by atoms with Gasteiger partial charge < -0.3 is 25.0 Å². The Morgan fingerprint density at radius 3 is 2.59 bits per heavy atom. The lowest BCUT2D eigenvalue weighted by molar-refractivity contribution is 0.0695. The molecule has 1 fully saturated rings. The first kappa shape index (κ1) is 25.2. The molecule has 9 heteroatoms. The van der Waals surface area contributed by atoms with Gasteiger partial charge in [0, 0.05) is 43.4 Å². The van der Waals surface area contributed by atoms with Crippen LogP contribution in [-0.2, 0) is 19.3 Å². The first-order valence-electron chi connectivity index (χ1n) is 13.5. The predicted molar refractivity (Wildman–Crippen MR) is 149 cm³/mol. The van der Waals surface area contributed by atoms with Gasteiger partial charge in [0.15, 0.2) is 5.65 Å². The molecule has 39 heavy (non-hydrogen) atoms. The van der Waals surface area contributed by atoms with Gasteiger partial charge in [0.2, 0.25) is 11.4 Å². The van der Waals surface area contributed by atoms with Crippen molar-refractivity contribution in [3.05, 3.63) is 87.3 Å². The minimum atomic E-state index is -1.28. The number of fused-ring (bicyclic) bond motifs is 2. The molecule has 0 atom stereocenters. The Bertz CT molecular complexity index is 1590. The smallest absolute Gasteiger partial charge is 0.341 e. The number of hydrogen-bond acceptors (Lipinski definition) is 7. The van der Waals surface area contributed by atoms with Crippen molar-refractivity contribution in [1.29, 1.82) is 0 Å². The van der Waals surface area contributed by atoms with E-state index in [4.69, 9.17) is 0 Å². The molecule has 3 N–H and O–H groups in total. The molecule has 0 saturated carbocycles. The highest BCUT2D eigenvalue weighted by Gasteiger charge is 2.19. The van der Waals surface area contributed by atoms with Crippen molar-refractivity contribution in [1.82, 2.24) is 19.4 Å². The summed E-state index contributed by atoms with van der Waals surface area (Å²) in [5, 5.41) is 22.7. The number of hydrogen-bond donors (Lipinski definition) is 3. The van der Waals surface area contributed by atoms with Crippen molar-refractivity contribution in [2.24, 2.45) is 0 Å². The number of carboxylic acid groups (broad SMARTS) is 1. The third kappa shape index (κ3) is 5.28. The molecule has 0 spiro atoms. The van der Waals surface area contributed by atoms with E-state index in [-0.39, 0.29) is 17.1 Å². The van der Waals surface area contributed by atoms with Crippen LogP contribution < -0.4 is 10.7 Å². The number of benzene rings is 2. The van der Waals surface area contributed by atoms with Gasteiger partial charge in [-0.1, -0.05) is 18.2 Å². The van der Waals surface area contributed by atoms with E-state index in [2.05, 4.69) is 44.5 Å². The highest BCUT2D eigenvalue weighted by Crippen LogP contribution is 2.26. The molecule has 2 aliphatic rings. The van der Waals surface area contributed by atoms with Gasteiger partial charge in [0.05, 0.1) is 11.5 Å². The molecule has 2 aromatic carbocycles. The zero-order chi connectivity index (χ0) is 26.9. The number of likely N-dealkylation sites (tertiary alicyclic amines) is 1. The van der Waals surface area contributed by atoms with E-state index < -0.39 is 11.4 Å². The highest BCUT2D eigenvalue weighted by molar-refractivity contribution is 5.92. The van der Waals surface area contributed by atoms with Gasteiger partial charge in [-0.25, -0.2) is 9.78 Å². The Labute approximate surface area is 225 Å². The topological polar surface area (TPSA) is 121 Å². The van der Waals surface area contributed by atoms with Crippen molar-refractivity contribution in [2.45, 2.75) is 44.6 Å². The second kappa shape index (κ2) is 10.6. The van der Waals surface area contributed by atoms with E-state index >= 15 is 0 Å². The van der Waals surface area contributed by atoms with E-state index in [0.717, 1.165) is 69.5 Å². The fraction of sp³-hybridized carbons (Fsp3) is 0.333. The molecule has 0 unspecified atom stereocenters. The molecule has 2 aromatic heterocycles. The number of nitrogens with zero attached hydrogens (tertiary/aromatic N) is 4. The van der Waals surface area contributed by atoms with E-state index in [1.54, 1.807) is 4.57 Å². The molecular weight excluding hydrogens is 494 g/mol. The highest BCUT2D eigenvalue weighted by atomic mass is 16.4. The molecule has 1 saturated heterocycles. The van der Waals surface area contributed by atoms with Gasteiger partial charge in [-0.05, 0) is 79.5 Å². The van der Waals surface area contributed by atoms with Gasteiger partial charge in [0.1, 0.15) is 5.56 Å². The summed E-state index contributed by atoms with van der Waals surface area (Å²) in [5.41, 5.74) is 4.77. The number of carboxylic acids is 1. The quantitative estimate of drug-likeness (QED) is 0.334. The number of aromatic carboxylic acids is 1. The van der Waals surface area contributed by atoms with Crippen LogP contribution in [0.4, 0.5) is 11.6 Å². The number of rotatable bonds is 7. The summed E-state index contributed by atoms with van der Waals surface area (Å²) in [5.74, 6) is -0.962. The van der Waals surface area contributed by atoms with Crippen LogP contribution in [0.25, 0.3) is 16.7 Å². The Kier molecular flexibility index (Phi) is 6.85. The normalized spacial score (nSPS) is 15.9. The average molecular weight is 526 g/mol. The Balaban J connectivity index is 1.26. The summed E-state index contributed by atoms with van der Waals surface area (Å²) >= 11 is 0. The van der Waals surface area contributed by atoms with Crippen LogP contribution in [0.2, 0.25) is 0 Å². The largest absolute Gasteiger partial charge is 0.477 e. The van der Waals surface area contributed by atoms with Crippen molar-refractivity contribution >= 4 is 28.6 Å². The molecule has 1 aliphatic heterocycles. The van der Waals surface area contributed by atoms with Crippen LogP contribution in [-0.4, -0.2) is 61.4 Å². The number of aryl methyl sites for hydroxylation is 2. The lowest BCUT2D eigenvalue weighted by Crippen LogP contribution is -2.37. The van der Waals surface area contributed by atoms with Crippen LogP contribution in [0.15, 0.2) is 59.7 Å². The Morgan fingerprint density at radius 2 is 1.82 bits per heavy atom. The SMILES string of the molecule is O=C(O)c1cn(-c2ccc3c(c2)CCC3)c2nc(Nc3ccc(CCN4CCC(O)CC4)cc3)ncc2c1=O. The average Bonchev–Trinajstić information content (AvgIpc) is 3.42. The number of piperidine rings is 1. The number of aromatic nitrogens is 3. The maximum absolute atomic E-state index is 12.9. The number of anilines is 2. The lowest BCUT2D eigenvalue weighted by atomic mass is 10.1. The fourth-order valence-electron chi connectivity index (χ4n) is 5.54. The zero-order valence-corrected chi connectivity index (χ0v) is 21.6. The molecule has 9 nitrogen and oxygen atoms in total. The van der Waals surface area contributed by atoms with Crippen LogP contribution in [0.1, 0.15) is 46.3 Å². The molecule has 4 aromatic rings. The summed E-state index contributed by atoms with van der Waals surface area (Å²) in [4.78, 5) is 36.1. The summed E-state index contributed by atoms with van der Waals surface area (Å²) in [6, 6.07) is 14.2. The third-order valence-corrected chi connectivity index (χ3v) is 7.82. The molecule has 0 amide bonds. The van der Waals surface area contributed by atoms with Crippen molar-refractivity contribution in [2.75, 3.05) is 25.0 Å². The summed E-state index contributed by atoms with van der Waals surface area (Å²) in [6.07, 6.45) is 8.32. The number of aliphatic hydroxyl groups excluding tert-OH is 1. The maximum Gasteiger partial charge on any atom is 0.341 e. The third-order valence-electron chi connectivity index (χ3n) is 7.82. The molecule has 0 bridgehead atoms.